The number of halogens is 3. The van der Waals surface area contributed by atoms with E-state index in [1.807, 2.05) is 0 Å². The van der Waals surface area contributed by atoms with Crippen LogP contribution in [0.3, 0.4) is 0 Å². The van der Waals surface area contributed by atoms with Gasteiger partial charge in [0.2, 0.25) is 5.78 Å². The smallest absolute Gasteiger partial charge is 0.338 e. The van der Waals surface area contributed by atoms with Crippen LogP contribution in [0, 0.1) is 0 Å². The molecule has 0 atom stereocenters. The van der Waals surface area contributed by atoms with E-state index in [4.69, 9.17) is 39.5 Å². The standard InChI is InChI=1S/C11H9Cl3O3/c1-2-17-10(16)8-5-3-4-7(6-8)9(15)11(12,13)14/h3-6H,2H2,1H3. The van der Waals surface area contributed by atoms with Gasteiger partial charge in [0.1, 0.15) is 0 Å². The van der Waals surface area contributed by atoms with Gasteiger partial charge in [-0.3, -0.25) is 4.79 Å². The molecule has 0 unspecified atom stereocenters. The molecular formula is C11H9Cl3O3. The molecule has 6 heteroatoms. The van der Waals surface area contributed by atoms with Crippen LogP contribution in [0.5, 0.6) is 0 Å². The van der Waals surface area contributed by atoms with Gasteiger partial charge < -0.3 is 4.74 Å². The van der Waals surface area contributed by atoms with Gasteiger partial charge in [-0.05, 0) is 19.1 Å². The number of hydrogen-bond acceptors (Lipinski definition) is 3. The predicted octanol–water partition coefficient (Wildman–Crippen LogP) is 3.42. The van der Waals surface area contributed by atoms with E-state index in [2.05, 4.69) is 0 Å². The molecule has 0 spiro atoms. The lowest BCUT2D eigenvalue weighted by molar-refractivity contribution is 0.0526. The zero-order valence-electron chi connectivity index (χ0n) is 8.88. The highest BCUT2D eigenvalue weighted by Crippen LogP contribution is 2.30. The molecule has 1 aromatic rings. The molecule has 0 N–H and O–H groups in total. The summed E-state index contributed by atoms with van der Waals surface area (Å²) in [5.74, 6) is -1.21. The zero-order chi connectivity index (χ0) is 13.1. The topological polar surface area (TPSA) is 43.4 Å². The molecule has 0 radical (unpaired) electrons. The normalized spacial score (nSPS) is 11.1. The fraction of sp³-hybridized carbons (Fsp3) is 0.273. The van der Waals surface area contributed by atoms with Gasteiger partial charge in [0, 0.05) is 5.56 Å². The first-order valence-corrected chi connectivity index (χ1v) is 5.88. The molecule has 0 aromatic heterocycles. The third kappa shape index (κ3) is 3.87. The van der Waals surface area contributed by atoms with Crippen molar-refractivity contribution in [2.24, 2.45) is 0 Å². The van der Waals surface area contributed by atoms with Crippen molar-refractivity contribution in [1.82, 2.24) is 0 Å². The van der Waals surface area contributed by atoms with E-state index in [1.54, 1.807) is 6.92 Å². The Morgan fingerprint density at radius 2 is 1.82 bits per heavy atom. The average Bonchev–Trinajstić information content (AvgIpc) is 2.27. The van der Waals surface area contributed by atoms with E-state index in [0.29, 0.717) is 0 Å². The molecule has 0 aliphatic heterocycles. The third-order valence-electron chi connectivity index (χ3n) is 1.89. The van der Waals surface area contributed by atoms with E-state index in [0.717, 1.165) is 0 Å². The van der Waals surface area contributed by atoms with Crippen LogP contribution in [0.4, 0.5) is 0 Å². The molecule has 3 nitrogen and oxygen atoms in total. The molecule has 92 valence electrons. The number of ether oxygens (including phenoxy) is 1. The number of rotatable bonds is 3. The minimum Gasteiger partial charge on any atom is -0.462 e. The summed E-state index contributed by atoms with van der Waals surface area (Å²) in [5, 5.41) is 0. The molecule has 0 saturated heterocycles. The van der Waals surface area contributed by atoms with Crippen molar-refractivity contribution in [3.05, 3.63) is 35.4 Å². The molecule has 17 heavy (non-hydrogen) atoms. The van der Waals surface area contributed by atoms with Crippen LogP contribution in [0.15, 0.2) is 24.3 Å². The molecule has 1 rings (SSSR count). The maximum Gasteiger partial charge on any atom is 0.338 e. The second-order valence-corrected chi connectivity index (χ2v) is 5.41. The monoisotopic (exact) mass is 294 g/mol. The molecule has 0 aliphatic rings. The lowest BCUT2D eigenvalue weighted by Gasteiger charge is -2.10. The quantitative estimate of drug-likeness (QED) is 0.487. The molecule has 0 saturated carbocycles. The molecule has 0 fully saturated rings. The summed E-state index contributed by atoms with van der Waals surface area (Å²) in [6.07, 6.45) is 0. The fourth-order valence-corrected chi connectivity index (χ4v) is 1.49. The Hall–Kier alpha value is -0.770. The number of alkyl halides is 3. The summed E-state index contributed by atoms with van der Waals surface area (Å²) in [6, 6.07) is 5.85. The zero-order valence-corrected chi connectivity index (χ0v) is 11.1. The van der Waals surface area contributed by atoms with E-state index in [1.165, 1.54) is 24.3 Å². The number of ketones is 1. The van der Waals surface area contributed by atoms with Gasteiger partial charge in [0.15, 0.2) is 0 Å². The van der Waals surface area contributed by atoms with Crippen LogP contribution in [0.25, 0.3) is 0 Å². The predicted molar refractivity (Wildman–Crippen MR) is 67.0 cm³/mol. The fourth-order valence-electron chi connectivity index (χ4n) is 1.17. The van der Waals surface area contributed by atoms with Crippen molar-refractivity contribution in [2.45, 2.75) is 10.7 Å². The molecule has 0 bridgehead atoms. The highest BCUT2D eigenvalue weighted by atomic mass is 35.6. The Bertz CT molecular complexity index is 438. The average molecular weight is 296 g/mol. The van der Waals surface area contributed by atoms with Gasteiger partial charge in [-0.25, -0.2) is 4.79 Å². The Kier molecular flexibility index (Phi) is 4.80. The van der Waals surface area contributed by atoms with E-state index < -0.39 is 15.5 Å². The SMILES string of the molecule is CCOC(=O)c1cccc(C(=O)C(Cl)(Cl)Cl)c1. The number of carbonyl (C=O) groups excluding carboxylic acids is 2. The van der Waals surface area contributed by atoms with Crippen molar-refractivity contribution in [3.63, 3.8) is 0 Å². The van der Waals surface area contributed by atoms with Gasteiger partial charge in [0.25, 0.3) is 3.79 Å². The summed E-state index contributed by atoms with van der Waals surface area (Å²) < 4.78 is 2.76. The van der Waals surface area contributed by atoms with Crippen LogP contribution in [-0.2, 0) is 4.74 Å². The van der Waals surface area contributed by atoms with Crippen molar-refractivity contribution < 1.29 is 14.3 Å². The number of esters is 1. The number of carbonyl (C=O) groups is 2. The largest absolute Gasteiger partial charge is 0.462 e. The Balaban J connectivity index is 3.02. The first kappa shape index (κ1) is 14.3. The van der Waals surface area contributed by atoms with Crippen LogP contribution in [0.1, 0.15) is 27.6 Å². The number of benzene rings is 1. The highest BCUT2D eigenvalue weighted by Gasteiger charge is 2.31. The lowest BCUT2D eigenvalue weighted by atomic mass is 10.1. The number of Topliss-reactive ketones (excluding diaryl/α,β-unsaturated/α-hetero) is 1. The van der Waals surface area contributed by atoms with Gasteiger partial charge in [-0.2, -0.15) is 0 Å². The van der Waals surface area contributed by atoms with Crippen molar-refractivity contribution in [3.8, 4) is 0 Å². The highest BCUT2D eigenvalue weighted by molar-refractivity contribution is 6.77. The summed E-state index contributed by atoms with van der Waals surface area (Å²) in [4.78, 5) is 23.1. The Labute approximate surface area is 114 Å². The summed E-state index contributed by atoms with van der Waals surface area (Å²) in [5.41, 5.74) is 0.391. The summed E-state index contributed by atoms with van der Waals surface area (Å²) in [6.45, 7) is 1.94. The summed E-state index contributed by atoms with van der Waals surface area (Å²) >= 11 is 16.4. The van der Waals surface area contributed by atoms with Crippen molar-refractivity contribution >= 4 is 46.6 Å². The van der Waals surface area contributed by atoms with E-state index in [9.17, 15) is 9.59 Å². The molecular weight excluding hydrogens is 286 g/mol. The number of hydrogen-bond donors (Lipinski definition) is 0. The van der Waals surface area contributed by atoms with E-state index in [-0.39, 0.29) is 17.7 Å². The van der Waals surface area contributed by atoms with Crippen LogP contribution in [0.2, 0.25) is 0 Å². The second-order valence-electron chi connectivity index (χ2n) is 3.13. The third-order valence-corrected chi connectivity index (χ3v) is 2.41. The molecule has 1 aromatic carbocycles. The minimum absolute atomic E-state index is 0.149. The van der Waals surface area contributed by atoms with Gasteiger partial charge in [-0.1, -0.05) is 46.9 Å². The molecule has 0 amide bonds. The summed E-state index contributed by atoms with van der Waals surface area (Å²) in [7, 11) is 0. The maximum atomic E-state index is 11.7. The van der Waals surface area contributed by atoms with Gasteiger partial charge in [-0.15, -0.1) is 0 Å². The van der Waals surface area contributed by atoms with Crippen molar-refractivity contribution in [1.29, 1.82) is 0 Å². The Morgan fingerprint density at radius 3 is 2.35 bits per heavy atom. The second kappa shape index (κ2) is 5.71. The van der Waals surface area contributed by atoms with Crippen molar-refractivity contribution in [2.75, 3.05) is 6.61 Å². The van der Waals surface area contributed by atoms with Gasteiger partial charge >= 0.3 is 5.97 Å². The van der Waals surface area contributed by atoms with Gasteiger partial charge in [0.05, 0.1) is 12.2 Å². The lowest BCUT2D eigenvalue weighted by Crippen LogP contribution is -2.19. The maximum absolute atomic E-state index is 11.7. The minimum atomic E-state index is -2.03. The first-order valence-electron chi connectivity index (χ1n) is 4.75. The van der Waals surface area contributed by atoms with Crippen LogP contribution < -0.4 is 0 Å². The van der Waals surface area contributed by atoms with Crippen LogP contribution >= 0.6 is 34.8 Å². The van der Waals surface area contributed by atoms with Crippen LogP contribution in [-0.4, -0.2) is 22.2 Å². The Morgan fingerprint density at radius 1 is 1.24 bits per heavy atom. The first-order chi connectivity index (χ1) is 7.86. The van der Waals surface area contributed by atoms with E-state index >= 15 is 0 Å². The molecule has 0 heterocycles. The molecule has 0 aliphatic carbocycles.